The topological polar surface area (TPSA) is 61.4 Å². The molecule has 0 spiro atoms. The van der Waals surface area contributed by atoms with Gasteiger partial charge in [0.25, 0.3) is 0 Å². The molecule has 0 N–H and O–H groups in total. The van der Waals surface area contributed by atoms with E-state index in [1.807, 2.05) is 130 Å². The molecule has 7 heteroatoms. The Hall–Kier alpha value is -5.71. The summed E-state index contributed by atoms with van der Waals surface area (Å²) in [6, 6.07) is 52.8. The first-order valence-electron chi connectivity index (χ1n) is 16.3. The standard InChI is InChI=1S/C43H32N6.Pt/c1-43(2,37-25-15-27-39(46-37)48-29-35(31-17-7-3-8-18-31)44-41(48)33-21-11-5-12-22-33)38-26-16-28-40(47-38)49-30-36(32-19-9-4-10-20-32)45-42(49)34-23-13-6-14-24-34;/h3-28H,1-2H3;/q-2;+2. The maximum atomic E-state index is 5.22. The maximum absolute atomic E-state index is 5.22. The quantitative estimate of drug-likeness (QED) is 0.143. The van der Waals surface area contributed by atoms with Crippen LogP contribution in [0.4, 0.5) is 0 Å². The van der Waals surface area contributed by atoms with Crippen LogP contribution in [0.1, 0.15) is 25.2 Å². The van der Waals surface area contributed by atoms with Gasteiger partial charge in [0.2, 0.25) is 0 Å². The van der Waals surface area contributed by atoms with E-state index in [-0.39, 0.29) is 21.1 Å². The summed E-state index contributed by atoms with van der Waals surface area (Å²) in [4.78, 5) is 20.5. The molecule has 0 atom stereocenters. The Morgan fingerprint density at radius 2 is 0.740 bits per heavy atom. The molecule has 50 heavy (non-hydrogen) atoms. The van der Waals surface area contributed by atoms with E-state index in [4.69, 9.17) is 19.9 Å². The fourth-order valence-corrected chi connectivity index (χ4v) is 5.95. The first kappa shape index (κ1) is 32.8. The first-order valence-corrected chi connectivity index (χ1v) is 16.3. The van der Waals surface area contributed by atoms with Crippen molar-refractivity contribution in [2.75, 3.05) is 0 Å². The van der Waals surface area contributed by atoms with Gasteiger partial charge in [-0.1, -0.05) is 157 Å². The van der Waals surface area contributed by atoms with Crippen LogP contribution < -0.4 is 0 Å². The third kappa shape index (κ3) is 6.38. The predicted molar refractivity (Wildman–Crippen MR) is 194 cm³/mol. The number of imidazole rings is 2. The van der Waals surface area contributed by atoms with Crippen LogP contribution >= 0.6 is 0 Å². The van der Waals surface area contributed by atoms with Crippen molar-refractivity contribution in [3.8, 4) is 56.9 Å². The Morgan fingerprint density at radius 1 is 0.400 bits per heavy atom. The number of pyridine rings is 2. The van der Waals surface area contributed by atoms with E-state index in [0.29, 0.717) is 0 Å². The zero-order valence-electron chi connectivity index (χ0n) is 27.5. The van der Waals surface area contributed by atoms with Gasteiger partial charge >= 0.3 is 21.1 Å². The van der Waals surface area contributed by atoms with Gasteiger partial charge in [0.05, 0.1) is 23.3 Å². The summed E-state index contributed by atoms with van der Waals surface area (Å²) in [5.41, 5.74) is 6.71. The molecule has 8 rings (SSSR count). The zero-order valence-corrected chi connectivity index (χ0v) is 29.8. The Bertz CT molecular complexity index is 2180. The fraction of sp³-hybridized carbons (Fsp3) is 0.0698. The summed E-state index contributed by atoms with van der Waals surface area (Å²) in [6.07, 6.45) is 7.02. The summed E-state index contributed by atoms with van der Waals surface area (Å²) in [6.45, 7) is 4.31. The largest absolute Gasteiger partial charge is 2.00 e. The summed E-state index contributed by atoms with van der Waals surface area (Å²) < 4.78 is 3.91. The van der Waals surface area contributed by atoms with Crippen molar-refractivity contribution in [3.05, 3.63) is 182 Å². The average molecular weight is 828 g/mol. The number of nitrogens with zero attached hydrogens (tertiary/aromatic N) is 6. The molecular formula is C43H32N6Pt. The molecule has 4 aromatic heterocycles. The average Bonchev–Trinajstić information content (AvgIpc) is 3.83. The van der Waals surface area contributed by atoms with E-state index < -0.39 is 5.41 Å². The van der Waals surface area contributed by atoms with Crippen LogP contribution in [0.15, 0.2) is 158 Å². The van der Waals surface area contributed by atoms with Crippen LogP contribution in [-0.4, -0.2) is 29.1 Å². The van der Waals surface area contributed by atoms with Gasteiger partial charge in [-0.3, -0.25) is 19.9 Å². The van der Waals surface area contributed by atoms with Gasteiger partial charge in [0, 0.05) is 16.8 Å². The van der Waals surface area contributed by atoms with Crippen molar-refractivity contribution in [2.24, 2.45) is 0 Å². The molecule has 0 aliphatic carbocycles. The molecule has 0 saturated heterocycles. The molecule has 0 bridgehead atoms. The Balaban J connectivity index is 0.00000392. The molecule has 0 unspecified atom stereocenters. The number of hydrogen-bond acceptors (Lipinski definition) is 4. The molecule has 0 radical (unpaired) electrons. The minimum atomic E-state index is -0.544. The molecule has 6 nitrogen and oxygen atoms in total. The van der Waals surface area contributed by atoms with Gasteiger partial charge in [0.1, 0.15) is 0 Å². The second-order valence-corrected chi connectivity index (χ2v) is 12.3. The molecular weight excluding hydrogens is 796 g/mol. The molecule has 0 aliphatic rings. The molecule has 4 heterocycles. The molecule has 0 amide bonds. The van der Waals surface area contributed by atoms with Crippen molar-refractivity contribution >= 4 is 0 Å². The predicted octanol–water partition coefficient (Wildman–Crippen LogP) is 9.44. The minimum Gasteiger partial charge on any atom is -0.404 e. The zero-order chi connectivity index (χ0) is 33.2. The van der Waals surface area contributed by atoms with Crippen molar-refractivity contribution in [2.45, 2.75) is 19.3 Å². The number of aromatic nitrogens is 6. The second-order valence-electron chi connectivity index (χ2n) is 12.3. The number of rotatable bonds is 8. The number of benzene rings is 4. The van der Waals surface area contributed by atoms with E-state index in [1.54, 1.807) is 0 Å². The number of hydrogen-bond donors (Lipinski definition) is 0. The monoisotopic (exact) mass is 827 g/mol. The van der Waals surface area contributed by atoms with E-state index in [9.17, 15) is 0 Å². The fourth-order valence-electron chi connectivity index (χ4n) is 5.95. The van der Waals surface area contributed by atoms with Crippen molar-refractivity contribution in [3.63, 3.8) is 0 Å². The van der Waals surface area contributed by atoms with Crippen LogP contribution in [0.2, 0.25) is 0 Å². The van der Waals surface area contributed by atoms with Gasteiger partial charge in [-0.15, -0.1) is 0 Å². The Labute approximate surface area is 306 Å². The van der Waals surface area contributed by atoms with Crippen LogP contribution in [0, 0.1) is 12.4 Å². The molecule has 0 saturated carbocycles. The van der Waals surface area contributed by atoms with Crippen molar-refractivity contribution in [1.29, 1.82) is 0 Å². The molecule has 0 fully saturated rings. The molecule has 0 aliphatic heterocycles. The third-order valence-electron chi connectivity index (χ3n) is 8.66. The summed E-state index contributed by atoms with van der Waals surface area (Å²) in [5.74, 6) is 3.02. The molecule has 4 aromatic carbocycles. The van der Waals surface area contributed by atoms with Gasteiger partial charge in [-0.05, 0) is 60.9 Å². The van der Waals surface area contributed by atoms with Crippen molar-refractivity contribution < 1.29 is 21.1 Å². The summed E-state index contributed by atoms with van der Waals surface area (Å²) >= 11 is 0. The van der Waals surface area contributed by atoms with Gasteiger partial charge in [-0.2, -0.15) is 0 Å². The van der Waals surface area contributed by atoms with E-state index in [1.165, 1.54) is 0 Å². The van der Waals surface area contributed by atoms with Crippen LogP contribution in [0.5, 0.6) is 0 Å². The van der Waals surface area contributed by atoms with E-state index in [0.717, 1.165) is 68.3 Å². The third-order valence-corrected chi connectivity index (χ3v) is 8.66. The maximum Gasteiger partial charge on any atom is 2.00 e. The van der Waals surface area contributed by atoms with Crippen molar-refractivity contribution in [1.82, 2.24) is 29.1 Å². The smallest absolute Gasteiger partial charge is 0.404 e. The van der Waals surface area contributed by atoms with E-state index in [2.05, 4.69) is 62.6 Å². The normalized spacial score (nSPS) is 11.2. The van der Waals surface area contributed by atoms with E-state index >= 15 is 0 Å². The molecule has 8 aromatic rings. The summed E-state index contributed by atoms with van der Waals surface area (Å²) in [7, 11) is 0. The minimum absolute atomic E-state index is 0. The Kier molecular flexibility index (Phi) is 9.21. The Morgan fingerprint density at radius 3 is 1.10 bits per heavy atom. The van der Waals surface area contributed by atoms with Gasteiger partial charge in [-0.25, -0.2) is 0 Å². The molecule has 244 valence electrons. The van der Waals surface area contributed by atoms with Crippen LogP contribution in [-0.2, 0) is 26.5 Å². The van der Waals surface area contributed by atoms with Crippen LogP contribution in [0.3, 0.4) is 0 Å². The first-order chi connectivity index (χ1) is 24.0. The van der Waals surface area contributed by atoms with Gasteiger partial charge < -0.3 is 9.13 Å². The second kappa shape index (κ2) is 14.0. The van der Waals surface area contributed by atoms with Crippen LogP contribution in [0.25, 0.3) is 56.9 Å². The summed E-state index contributed by atoms with van der Waals surface area (Å²) in [5, 5.41) is 0. The SMILES string of the molecule is CC(C)(c1cccc(-n2[c-]c(-c3ccccc3)nc2-c2ccccc2)n1)c1cccc(-n2[c-]c(-c3ccccc3)nc2-c2ccccc2)n1.[Pt+2]. The van der Waals surface area contributed by atoms with Gasteiger partial charge in [0.15, 0.2) is 0 Å².